The summed E-state index contributed by atoms with van der Waals surface area (Å²) in [7, 11) is 0. The van der Waals surface area contributed by atoms with Crippen molar-refractivity contribution in [2.75, 3.05) is 5.33 Å². The molecule has 0 unspecified atom stereocenters. The predicted octanol–water partition coefficient (Wildman–Crippen LogP) is 4.85. The van der Waals surface area contributed by atoms with Crippen molar-refractivity contribution >= 4 is 27.0 Å². The van der Waals surface area contributed by atoms with E-state index in [9.17, 15) is 0 Å². The molecule has 0 saturated carbocycles. The van der Waals surface area contributed by atoms with Crippen LogP contribution < -0.4 is 0 Å². The van der Waals surface area contributed by atoms with E-state index in [-0.39, 0.29) is 0 Å². The summed E-state index contributed by atoms with van der Waals surface area (Å²) in [5.74, 6) is 0. The molecule has 0 fully saturated rings. The summed E-state index contributed by atoms with van der Waals surface area (Å²) in [5.41, 5.74) is 5.35. The fraction of sp³-hybridized carbons (Fsp3) is 0.562. The van der Waals surface area contributed by atoms with E-state index in [0.717, 1.165) is 17.4 Å². The Morgan fingerprint density at radius 2 is 1.79 bits per heavy atom. The van der Waals surface area contributed by atoms with Crippen molar-refractivity contribution in [3.05, 3.63) is 29.6 Å². The molecule has 0 aliphatic rings. The standard InChI is InChI=1S/C16H23BrN2/c1-5-16(6-2,9-17)10-19-11-18-14-7-12(3)13(4)8-15(14)19/h7-8,11H,5-6,9-10H2,1-4H3. The van der Waals surface area contributed by atoms with Gasteiger partial charge in [-0.05, 0) is 55.4 Å². The Hall–Kier alpha value is -0.830. The Morgan fingerprint density at radius 1 is 1.16 bits per heavy atom. The van der Waals surface area contributed by atoms with E-state index in [4.69, 9.17) is 0 Å². The van der Waals surface area contributed by atoms with E-state index in [1.54, 1.807) is 0 Å². The van der Waals surface area contributed by atoms with Crippen LogP contribution in [-0.4, -0.2) is 14.9 Å². The third-order valence-corrected chi connectivity index (χ3v) is 5.72. The van der Waals surface area contributed by atoms with Gasteiger partial charge in [0.05, 0.1) is 17.4 Å². The number of hydrogen-bond donors (Lipinski definition) is 0. The van der Waals surface area contributed by atoms with Gasteiger partial charge in [-0.1, -0.05) is 29.8 Å². The molecule has 0 N–H and O–H groups in total. The van der Waals surface area contributed by atoms with Crippen LogP contribution in [0.25, 0.3) is 11.0 Å². The SMILES string of the molecule is CCC(CC)(CBr)Cn1cnc2cc(C)c(C)cc21. The first-order valence-corrected chi connectivity index (χ1v) is 8.15. The molecule has 2 rings (SSSR count). The Balaban J connectivity index is 2.43. The zero-order valence-corrected chi connectivity index (χ0v) is 13.9. The maximum Gasteiger partial charge on any atom is 0.0958 e. The van der Waals surface area contributed by atoms with E-state index in [0.29, 0.717) is 5.41 Å². The highest BCUT2D eigenvalue weighted by molar-refractivity contribution is 9.09. The van der Waals surface area contributed by atoms with Crippen molar-refractivity contribution < 1.29 is 0 Å². The molecule has 1 heterocycles. The highest BCUT2D eigenvalue weighted by Crippen LogP contribution is 2.32. The summed E-state index contributed by atoms with van der Waals surface area (Å²) < 4.78 is 2.32. The monoisotopic (exact) mass is 322 g/mol. The summed E-state index contributed by atoms with van der Waals surface area (Å²) in [6.07, 6.45) is 4.35. The van der Waals surface area contributed by atoms with Crippen LogP contribution in [0, 0.1) is 19.3 Å². The Labute approximate surface area is 124 Å². The van der Waals surface area contributed by atoms with Crippen LogP contribution in [0.1, 0.15) is 37.8 Å². The highest BCUT2D eigenvalue weighted by Gasteiger charge is 2.26. The molecule has 0 aliphatic heterocycles. The lowest BCUT2D eigenvalue weighted by Gasteiger charge is -2.30. The number of fused-ring (bicyclic) bond motifs is 1. The van der Waals surface area contributed by atoms with Crippen LogP contribution in [-0.2, 0) is 6.54 Å². The fourth-order valence-corrected chi connectivity index (χ4v) is 3.48. The van der Waals surface area contributed by atoms with Crippen LogP contribution in [0.15, 0.2) is 18.5 Å². The van der Waals surface area contributed by atoms with Gasteiger partial charge in [0, 0.05) is 11.9 Å². The van der Waals surface area contributed by atoms with Crippen LogP contribution in [0.5, 0.6) is 0 Å². The number of nitrogens with zero attached hydrogens (tertiary/aromatic N) is 2. The average molecular weight is 323 g/mol. The van der Waals surface area contributed by atoms with Crippen molar-refractivity contribution in [1.29, 1.82) is 0 Å². The second-order valence-electron chi connectivity index (χ2n) is 5.64. The first-order chi connectivity index (χ1) is 9.05. The Kier molecular flexibility index (Phi) is 4.34. The Morgan fingerprint density at radius 3 is 2.37 bits per heavy atom. The molecule has 104 valence electrons. The summed E-state index contributed by atoms with van der Waals surface area (Å²) in [6.45, 7) is 9.90. The van der Waals surface area contributed by atoms with Crippen molar-refractivity contribution in [3.63, 3.8) is 0 Å². The van der Waals surface area contributed by atoms with Gasteiger partial charge < -0.3 is 4.57 Å². The molecule has 1 aromatic carbocycles. The minimum Gasteiger partial charge on any atom is -0.330 e. The molecule has 0 saturated heterocycles. The van der Waals surface area contributed by atoms with Crippen LogP contribution in [0.2, 0.25) is 0 Å². The molecule has 0 radical (unpaired) electrons. The molecule has 2 nitrogen and oxygen atoms in total. The lowest BCUT2D eigenvalue weighted by atomic mass is 9.84. The van der Waals surface area contributed by atoms with Crippen LogP contribution >= 0.6 is 15.9 Å². The molecule has 3 heteroatoms. The van der Waals surface area contributed by atoms with Gasteiger partial charge in [-0.15, -0.1) is 0 Å². The van der Waals surface area contributed by atoms with E-state index in [1.807, 2.05) is 6.33 Å². The average Bonchev–Trinajstić information content (AvgIpc) is 2.79. The molecule has 0 amide bonds. The van der Waals surface area contributed by atoms with Gasteiger partial charge in [0.1, 0.15) is 0 Å². The molecule has 0 aliphatic carbocycles. The van der Waals surface area contributed by atoms with Crippen LogP contribution in [0.3, 0.4) is 0 Å². The molecule has 0 bridgehead atoms. The second-order valence-corrected chi connectivity index (χ2v) is 6.20. The summed E-state index contributed by atoms with van der Waals surface area (Å²) in [5, 5.41) is 1.04. The van der Waals surface area contributed by atoms with Gasteiger partial charge in [0.25, 0.3) is 0 Å². The smallest absolute Gasteiger partial charge is 0.0958 e. The summed E-state index contributed by atoms with van der Waals surface area (Å²) >= 11 is 3.70. The molecular formula is C16H23BrN2. The quantitative estimate of drug-likeness (QED) is 0.719. The largest absolute Gasteiger partial charge is 0.330 e. The third kappa shape index (κ3) is 2.71. The third-order valence-electron chi connectivity index (χ3n) is 4.53. The predicted molar refractivity (Wildman–Crippen MR) is 86.0 cm³/mol. The van der Waals surface area contributed by atoms with Gasteiger partial charge in [0.15, 0.2) is 0 Å². The maximum absolute atomic E-state index is 4.56. The number of rotatable bonds is 5. The number of alkyl halides is 1. The fourth-order valence-electron chi connectivity index (χ4n) is 2.51. The first kappa shape index (κ1) is 14.6. The second kappa shape index (κ2) is 5.66. The lowest BCUT2D eigenvalue weighted by molar-refractivity contribution is 0.263. The first-order valence-electron chi connectivity index (χ1n) is 7.03. The van der Waals surface area contributed by atoms with Gasteiger partial charge in [-0.2, -0.15) is 0 Å². The van der Waals surface area contributed by atoms with E-state index in [1.165, 1.54) is 29.5 Å². The normalized spacial score (nSPS) is 12.3. The van der Waals surface area contributed by atoms with E-state index < -0.39 is 0 Å². The number of halogens is 1. The highest BCUT2D eigenvalue weighted by atomic mass is 79.9. The molecule has 2 aromatic rings. The number of benzene rings is 1. The topological polar surface area (TPSA) is 17.8 Å². The molecule has 1 aromatic heterocycles. The van der Waals surface area contributed by atoms with Gasteiger partial charge in [-0.3, -0.25) is 0 Å². The summed E-state index contributed by atoms with van der Waals surface area (Å²) in [6, 6.07) is 4.46. The van der Waals surface area contributed by atoms with Gasteiger partial charge in [0.2, 0.25) is 0 Å². The van der Waals surface area contributed by atoms with E-state index in [2.05, 4.69) is 65.3 Å². The van der Waals surface area contributed by atoms with Gasteiger partial charge >= 0.3 is 0 Å². The lowest BCUT2D eigenvalue weighted by Crippen LogP contribution is -2.27. The van der Waals surface area contributed by atoms with Crippen molar-refractivity contribution in [2.45, 2.75) is 47.1 Å². The zero-order valence-electron chi connectivity index (χ0n) is 12.3. The minimum absolute atomic E-state index is 0.326. The van der Waals surface area contributed by atoms with Crippen molar-refractivity contribution in [3.8, 4) is 0 Å². The molecular weight excluding hydrogens is 300 g/mol. The minimum atomic E-state index is 0.326. The Bertz CT molecular complexity index is 559. The van der Waals surface area contributed by atoms with Gasteiger partial charge in [-0.25, -0.2) is 4.98 Å². The number of aromatic nitrogens is 2. The number of imidazole rings is 1. The van der Waals surface area contributed by atoms with Crippen molar-refractivity contribution in [2.24, 2.45) is 5.41 Å². The molecule has 19 heavy (non-hydrogen) atoms. The molecule has 0 spiro atoms. The molecule has 0 atom stereocenters. The number of hydrogen-bond acceptors (Lipinski definition) is 1. The van der Waals surface area contributed by atoms with Crippen molar-refractivity contribution in [1.82, 2.24) is 9.55 Å². The maximum atomic E-state index is 4.56. The van der Waals surface area contributed by atoms with Crippen LogP contribution in [0.4, 0.5) is 0 Å². The van der Waals surface area contributed by atoms with E-state index >= 15 is 0 Å². The summed E-state index contributed by atoms with van der Waals surface area (Å²) in [4.78, 5) is 4.56. The zero-order chi connectivity index (χ0) is 14.0. The number of aryl methyl sites for hydroxylation is 2.